The van der Waals surface area contributed by atoms with E-state index < -0.39 is 0 Å². The summed E-state index contributed by atoms with van der Waals surface area (Å²) >= 11 is 1.73. The first-order valence-corrected chi connectivity index (χ1v) is 8.55. The van der Waals surface area contributed by atoms with Gasteiger partial charge in [-0.1, -0.05) is 12.2 Å². The van der Waals surface area contributed by atoms with Crippen LogP contribution in [0.2, 0.25) is 0 Å². The van der Waals surface area contributed by atoms with Crippen molar-refractivity contribution in [2.24, 2.45) is 17.8 Å². The quantitative estimate of drug-likeness (QED) is 0.784. The Morgan fingerprint density at radius 3 is 3.00 bits per heavy atom. The minimum absolute atomic E-state index is 0.264. The Morgan fingerprint density at radius 2 is 2.30 bits per heavy atom. The fourth-order valence-electron chi connectivity index (χ4n) is 4.11. The Bertz CT molecular complexity index is 525. The van der Waals surface area contributed by atoms with E-state index in [9.17, 15) is 4.79 Å². The van der Waals surface area contributed by atoms with Crippen molar-refractivity contribution in [3.63, 3.8) is 0 Å². The number of fused-ring (bicyclic) bond motifs is 2. The van der Waals surface area contributed by atoms with Crippen LogP contribution in [0.4, 0.5) is 0 Å². The zero-order valence-electron chi connectivity index (χ0n) is 11.6. The predicted octanol–water partition coefficient (Wildman–Crippen LogP) is 3.06. The van der Waals surface area contributed by atoms with Gasteiger partial charge >= 0.3 is 0 Å². The Balaban J connectivity index is 1.46. The number of aromatic nitrogens is 1. The van der Waals surface area contributed by atoms with E-state index in [0.29, 0.717) is 23.7 Å². The number of hydrogen-bond acceptors (Lipinski definition) is 3. The molecule has 4 atom stereocenters. The van der Waals surface area contributed by atoms with E-state index in [1.807, 2.05) is 11.6 Å². The van der Waals surface area contributed by atoms with Crippen LogP contribution < -0.4 is 0 Å². The molecule has 4 heteroatoms. The molecule has 1 saturated carbocycles. The summed E-state index contributed by atoms with van der Waals surface area (Å²) in [6, 6.07) is 0. The van der Waals surface area contributed by atoms with Crippen molar-refractivity contribution in [2.45, 2.75) is 31.6 Å². The smallest absolute Gasteiger partial charge is 0.226 e. The van der Waals surface area contributed by atoms with E-state index in [0.717, 1.165) is 25.9 Å². The number of piperidine rings is 1. The van der Waals surface area contributed by atoms with Gasteiger partial charge in [-0.25, -0.2) is 4.98 Å². The van der Waals surface area contributed by atoms with E-state index in [4.69, 9.17) is 0 Å². The Kier molecular flexibility index (Phi) is 3.14. The van der Waals surface area contributed by atoms with Crippen LogP contribution in [0.25, 0.3) is 0 Å². The van der Waals surface area contributed by atoms with Crippen LogP contribution in [0.1, 0.15) is 36.6 Å². The highest BCUT2D eigenvalue weighted by Crippen LogP contribution is 2.44. The van der Waals surface area contributed by atoms with Crippen LogP contribution >= 0.6 is 11.3 Å². The Hall–Kier alpha value is -1.16. The lowest BCUT2D eigenvalue weighted by Gasteiger charge is -2.34. The van der Waals surface area contributed by atoms with Crippen LogP contribution in [-0.2, 0) is 4.79 Å². The third-order valence-electron chi connectivity index (χ3n) is 5.13. The van der Waals surface area contributed by atoms with E-state index in [1.54, 1.807) is 11.3 Å². The molecular formula is C16H20N2OS. The lowest BCUT2D eigenvalue weighted by Crippen LogP contribution is -2.43. The van der Waals surface area contributed by atoms with Crippen LogP contribution in [0.5, 0.6) is 0 Å². The average Bonchev–Trinajstić information content (AvgIpc) is 3.23. The van der Waals surface area contributed by atoms with Gasteiger partial charge in [0.1, 0.15) is 0 Å². The molecule has 2 bridgehead atoms. The molecule has 2 heterocycles. The molecule has 0 unspecified atom stereocenters. The van der Waals surface area contributed by atoms with Gasteiger partial charge in [-0.2, -0.15) is 0 Å². The number of allylic oxidation sites excluding steroid dienone is 2. The number of hydrogen-bond donors (Lipinski definition) is 0. The van der Waals surface area contributed by atoms with Gasteiger partial charge in [0.05, 0.1) is 5.01 Å². The number of amides is 1. The normalized spacial score (nSPS) is 35.7. The lowest BCUT2D eigenvalue weighted by molar-refractivity contribution is -0.137. The summed E-state index contributed by atoms with van der Waals surface area (Å²) in [4.78, 5) is 19.3. The molecule has 1 amide bonds. The number of likely N-dealkylation sites (tertiary alicyclic amines) is 1. The maximum Gasteiger partial charge on any atom is 0.226 e. The van der Waals surface area contributed by atoms with Gasteiger partial charge in [0.25, 0.3) is 0 Å². The molecule has 1 aromatic rings. The van der Waals surface area contributed by atoms with Crippen molar-refractivity contribution in [1.82, 2.24) is 9.88 Å². The maximum absolute atomic E-state index is 12.8. The second-order valence-corrected chi connectivity index (χ2v) is 7.31. The highest BCUT2D eigenvalue weighted by atomic mass is 32.1. The molecule has 0 radical (unpaired) electrons. The number of carbonyl (C=O) groups excluding carboxylic acids is 1. The molecule has 0 aromatic carbocycles. The van der Waals surface area contributed by atoms with Crippen molar-refractivity contribution in [3.8, 4) is 0 Å². The summed E-state index contributed by atoms with van der Waals surface area (Å²) in [7, 11) is 0. The largest absolute Gasteiger partial charge is 0.342 e. The number of thiazole rings is 1. The first-order valence-electron chi connectivity index (χ1n) is 7.68. The first-order chi connectivity index (χ1) is 9.81. The molecule has 3 nitrogen and oxygen atoms in total. The lowest BCUT2D eigenvalue weighted by atomic mass is 9.90. The van der Waals surface area contributed by atoms with Gasteiger partial charge < -0.3 is 4.90 Å². The number of carbonyl (C=O) groups is 1. The highest BCUT2D eigenvalue weighted by molar-refractivity contribution is 7.09. The summed E-state index contributed by atoms with van der Waals surface area (Å²) in [6.07, 6.45) is 11.0. The molecule has 1 aromatic heterocycles. The standard InChI is InChI=1S/C16H20N2OS/c19-16(14-9-11-3-4-12(14)8-11)18-6-1-2-13(10-18)15-17-5-7-20-15/h3-5,7,11-14H,1-2,6,8-10H2/t11-,12-,13+,14-/m0/s1. The molecule has 20 heavy (non-hydrogen) atoms. The van der Waals surface area contributed by atoms with Gasteiger partial charge in [0.2, 0.25) is 5.91 Å². The highest BCUT2D eigenvalue weighted by Gasteiger charge is 2.42. The van der Waals surface area contributed by atoms with Crippen molar-refractivity contribution in [3.05, 3.63) is 28.7 Å². The fraction of sp³-hybridized carbons (Fsp3) is 0.625. The Labute approximate surface area is 123 Å². The fourth-order valence-corrected chi connectivity index (χ4v) is 4.88. The summed E-state index contributed by atoms with van der Waals surface area (Å²) in [5.74, 6) is 2.33. The second kappa shape index (κ2) is 4.99. The topological polar surface area (TPSA) is 33.2 Å². The molecular weight excluding hydrogens is 268 g/mol. The van der Waals surface area contributed by atoms with Gasteiger partial charge in [-0.15, -0.1) is 11.3 Å². The third-order valence-corrected chi connectivity index (χ3v) is 6.07. The molecule has 0 N–H and O–H groups in total. The van der Waals surface area contributed by atoms with Crippen molar-refractivity contribution in [1.29, 1.82) is 0 Å². The zero-order valence-corrected chi connectivity index (χ0v) is 12.4. The van der Waals surface area contributed by atoms with Crippen LogP contribution in [0, 0.1) is 17.8 Å². The molecule has 0 spiro atoms. The third kappa shape index (κ3) is 2.10. The average molecular weight is 288 g/mol. The predicted molar refractivity (Wildman–Crippen MR) is 79.5 cm³/mol. The minimum atomic E-state index is 0.264. The molecule has 2 fully saturated rings. The van der Waals surface area contributed by atoms with Crippen LogP contribution in [0.15, 0.2) is 23.7 Å². The molecule has 1 saturated heterocycles. The van der Waals surface area contributed by atoms with Gasteiger partial charge in [0, 0.05) is 36.5 Å². The monoisotopic (exact) mass is 288 g/mol. The summed E-state index contributed by atoms with van der Waals surface area (Å²) in [5.41, 5.74) is 0. The Morgan fingerprint density at radius 1 is 1.35 bits per heavy atom. The maximum atomic E-state index is 12.8. The summed E-state index contributed by atoms with van der Waals surface area (Å²) < 4.78 is 0. The minimum Gasteiger partial charge on any atom is -0.342 e. The van der Waals surface area contributed by atoms with E-state index in [-0.39, 0.29) is 5.92 Å². The molecule has 2 aliphatic carbocycles. The zero-order chi connectivity index (χ0) is 13.5. The van der Waals surface area contributed by atoms with Gasteiger partial charge in [-0.05, 0) is 37.5 Å². The van der Waals surface area contributed by atoms with E-state index >= 15 is 0 Å². The van der Waals surface area contributed by atoms with Crippen LogP contribution in [-0.4, -0.2) is 28.9 Å². The molecule has 4 rings (SSSR count). The molecule has 1 aliphatic heterocycles. The molecule has 106 valence electrons. The summed E-state index contributed by atoms with van der Waals surface area (Å²) in [6.45, 7) is 1.82. The SMILES string of the molecule is O=C([C@H]1C[C@H]2C=C[C@H]1C2)N1CCC[C@@H](c2nccs2)C1. The van der Waals surface area contributed by atoms with E-state index in [1.165, 1.54) is 17.8 Å². The van der Waals surface area contributed by atoms with Crippen molar-refractivity contribution in [2.75, 3.05) is 13.1 Å². The van der Waals surface area contributed by atoms with Crippen molar-refractivity contribution < 1.29 is 4.79 Å². The number of nitrogens with zero attached hydrogens (tertiary/aromatic N) is 2. The second-order valence-electron chi connectivity index (χ2n) is 6.38. The van der Waals surface area contributed by atoms with Crippen molar-refractivity contribution >= 4 is 17.2 Å². The summed E-state index contributed by atoms with van der Waals surface area (Å²) in [5, 5.41) is 3.24. The number of rotatable bonds is 2. The van der Waals surface area contributed by atoms with Gasteiger partial charge in [0.15, 0.2) is 0 Å². The van der Waals surface area contributed by atoms with Gasteiger partial charge in [-0.3, -0.25) is 4.79 Å². The van der Waals surface area contributed by atoms with E-state index in [2.05, 4.69) is 22.0 Å². The molecule has 3 aliphatic rings. The van der Waals surface area contributed by atoms with Crippen LogP contribution in [0.3, 0.4) is 0 Å². The first kappa shape index (κ1) is 12.6.